The fourth-order valence-electron chi connectivity index (χ4n) is 1.92. The molecule has 0 saturated heterocycles. The van der Waals surface area contributed by atoms with Gasteiger partial charge in [0.25, 0.3) is 0 Å². The maximum atomic E-state index is 9.69. The molecule has 0 aliphatic carbocycles. The highest BCUT2D eigenvalue weighted by atomic mass is 31.2. The van der Waals surface area contributed by atoms with Gasteiger partial charge in [0.2, 0.25) is 0 Å². The van der Waals surface area contributed by atoms with Crippen LogP contribution < -0.4 is 0 Å². The van der Waals surface area contributed by atoms with Crippen LogP contribution in [0.5, 0.6) is 11.5 Å². The minimum Gasteiger partial charge on any atom is -0.508 e. The Kier molecular flexibility index (Phi) is 6.39. The molecule has 2 aromatic carbocycles. The molecule has 0 amide bonds. The third-order valence-electron chi connectivity index (χ3n) is 3.59. The minimum absolute atomic E-state index is 0.0625. The Labute approximate surface area is 136 Å². The molecule has 0 spiro atoms. The summed E-state index contributed by atoms with van der Waals surface area (Å²) in [5, 5.41) is 18.6. The second kappa shape index (κ2) is 7.64. The average molecular weight is 338 g/mol. The zero-order valence-corrected chi connectivity index (χ0v) is 14.4. The minimum atomic E-state index is -3.65. The Bertz CT molecular complexity index is 609. The van der Waals surface area contributed by atoms with Gasteiger partial charge in [0.1, 0.15) is 11.5 Å². The lowest BCUT2D eigenvalue weighted by Gasteiger charge is -2.26. The van der Waals surface area contributed by atoms with E-state index >= 15 is 0 Å². The second-order valence-corrected chi connectivity index (χ2v) is 7.66. The molecule has 0 unspecified atom stereocenters. The first-order valence-corrected chi connectivity index (χ1v) is 8.99. The zero-order chi connectivity index (χ0) is 17.7. The van der Waals surface area contributed by atoms with Crippen LogP contribution in [0.4, 0.5) is 0 Å². The molecule has 6 heteroatoms. The van der Waals surface area contributed by atoms with Crippen LogP contribution in [-0.4, -0.2) is 26.2 Å². The molecule has 0 heterocycles. The highest BCUT2D eigenvalue weighted by molar-refractivity contribution is 7.51. The molecule has 0 fully saturated rings. The molecule has 126 valence electrons. The quantitative estimate of drug-likeness (QED) is 0.641. The first kappa shape index (κ1) is 19.2. The van der Waals surface area contributed by atoms with E-state index < -0.39 is 7.60 Å². The van der Waals surface area contributed by atoms with E-state index in [1.807, 2.05) is 24.3 Å². The highest BCUT2D eigenvalue weighted by Gasteiger charge is 2.22. The second-order valence-electron chi connectivity index (χ2n) is 5.70. The lowest BCUT2D eigenvalue weighted by Crippen LogP contribution is -2.18. The molecule has 5 nitrogen and oxygen atoms in total. The average Bonchev–Trinajstić information content (AvgIpc) is 2.48. The van der Waals surface area contributed by atoms with E-state index in [1.54, 1.807) is 24.3 Å². The number of benzene rings is 2. The first-order valence-electron chi connectivity index (χ1n) is 7.20. The van der Waals surface area contributed by atoms with Gasteiger partial charge in [-0.3, -0.25) is 4.57 Å². The Balaban J connectivity index is 0.000000379. The van der Waals surface area contributed by atoms with Crippen molar-refractivity contribution in [2.24, 2.45) is 0 Å². The van der Waals surface area contributed by atoms with Crippen LogP contribution >= 0.6 is 7.60 Å². The number of phenolic OH excluding ortho intramolecular Hbond substituents is 2. The largest absolute Gasteiger partial charge is 0.508 e. The number of phenols is 2. The number of hydrogen-bond acceptors (Lipinski definition) is 3. The van der Waals surface area contributed by atoms with E-state index in [4.69, 9.17) is 9.79 Å². The van der Waals surface area contributed by atoms with Crippen LogP contribution in [0.25, 0.3) is 0 Å². The molecular formula is C17H23O5P. The first-order chi connectivity index (χ1) is 10.6. The van der Waals surface area contributed by atoms with Gasteiger partial charge >= 0.3 is 7.60 Å². The van der Waals surface area contributed by atoms with Crippen molar-refractivity contribution in [2.75, 3.05) is 6.16 Å². The molecule has 0 radical (unpaired) electrons. The molecular weight excluding hydrogens is 315 g/mol. The predicted octanol–water partition coefficient (Wildman–Crippen LogP) is 3.61. The highest BCUT2D eigenvalue weighted by Crippen LogP contribution is 2.33. The number of aromatic hydroxyl groups is 2. The van der Waals surface area contributed by atoms with Crippen molar-refractivity contribution in [3.8, 4) is 11.5 Å². The van der Waals surface area contributed by atoms with Gasteiger partial charge in [-0.05, 0) is 35.4 Å². The van der Waals surface area contributed by atoms with Gasteiger partial charge in [0.15, 0.2) is 0 Å². The number of hydrogen-bond donors (Lipinski definition) is 4. The van der Waals surface area contributed by atoms with Gasteiger partial charge in [0, 0.05) is 11.6 Å². The fraction of sp³-hybridized carbons (Fsp3) is 0.294. The monoisotopic (exact) mass is 338 g/mol. The van der Waals surface area contributed by atoms with Gasteiger partial charge in [-0.2, -0.15) is 0 Å². The van der Waals surface area contributed by atoms with Crippen LogP contribution in [-0.2, 0) is 9.98 Å². The van der Waals surface area contributed by atoms with E-state index in [1.165, 1.54) is 6.92 Å². The van der Waals surface area contributed by atoms with Crippen LogP contribution in [0.2, 0.25) is 0 Å². The van der Waals surface area contributed by atoms with E-state index in [9.17, 15) is 14.8 Å². The normalized spacial score (nSPS) is 11.5. The zero-order valence-electron chi connectivity index (χ0n) is 13.5. The Morgan fingerprint density at radius 2 is 1.09 bits per heavy atom. The standard InChI is InChI=1S/C15H16O2.C2H7O3P/c1-15(2,11-3-7-13(16)8-4-11)12-5-9-14(17)10-6-12;1-2-6(3,4)5/h3-10,16-17H,1-2H3;2H2,1H3,(H2,3,4,5). The van der Waals surface area contributed by atoms with Crippen molar-refractivity contribution in [3.63, 3.8) is 0 Å². The van der Waals surface area contributed by atoms with E-state index in [0.29, 0.717) is 0 Å². The third-order valence-corrected chi connectivity index (χ3v) is 4.41. The van der Waals surface area contributed by atoms with Crippen molar-refractivity contribution < 1.29 is 24.6 Å². The summed E-state index contributed by atoms with van der Waals surface area (Å²) in [5.74, 6) is 0.547. The van der Waals surface area contributed by atoms with Gasteiger partial charge in [0.05, 0.1) is 0 Å². The predicted molar refractivity (Wildman–Crippen MR) is 90.9 cm³/mol. The Hall–Kier alpha value is -1.81. The third kappa shape index (κ3) is 6.06. The van der Waals surface area contributed by atoms with Crippen LogP contribution in [0.3, 0.4) is 0 Å². The van der Waals surface area contributed by atoms with Gasteiger partial charge in [-0.25, -0.2) is 0 Å². The van der Waals surface area contributed by atoms with E-state index in [0.717, 1.165) is 11.1 Å². The maximum absolute atomic E-state index is 9.69. The summed E-state index contributed by atoms with van der Waals surface area (Å²) >= 11 is 0. The molecule has 2 aromatic rings. The van der Waals surface area contributed by atoms with Crippen molar-refractivity contribution in [1.29, 1.82) is 0 Å². The Morgan fingerprint density at radius 1 is 0.826 bits per heavy atom. The summed E-state index contributed by atoms with van der Waals surface area (Å²) in [4.78, 5) is 15.9. The molecule has 4 N–H and O–H groups in total. The topological polar surface area (TPSA) is 98.0 Å². The lowest BCUT2D eigenvalue weighted by molar-refractivity contribution is 0.375. The van der Waals surface area contributed by atoms with Gasteiger partial charge in [-0.1, -0.05) is 45.0 Å². The van der Waals surface area contributed by atoms with Gasteiger partial charge < -0.3 is 20.0 Å². The summed E-state index contributed by atoms with van der Waals surface area (Å²) in [7, 11) is -3.65. The van der Waals surface area contributed by atoms with Gasteiger partial charge in [-0.15, -0.1) is 0 Å². The van der Waals surface area contributed by atoms with Crippen LogP contribution in [0.1, 0.15) is 31.9 Å². The smallest absolute Gasteiger partial charge is 0.325 e. The molecule has 0 saturated carbocycles. The molecule has 0 atom stereocenters. The summed E-state index contributed by atoms with van der Waals surface area (Å²) in [6, 6.07) is 14.4. The maximum Gasteiger partial charge on any atom is 0.325 e. The molecule has 0 aromatic heterocycles. The van der Waals surface area contributed by atoms with Crippen LogP contribution in [0, 0.1) is 0 Å². The van der Waals surface area contributed by atoms with Crippen LogP contribution in [0.15, 0.2) is 48.5 Å². The van der Waals surface area contributed by atoms with Crippen molar-refractivity contribution >= 4 is 7.60 Å². The Morgan fingerprint density at radius 3 is 1.30 bits per heavy atom. The molecule has 0 aliphatic rings. The molecule has 2 rings (SSSR count). The summed E-state index contributed by atoms with van der Waals surface area (Å²) in [6.07, 6.45) is -0.0625. The van der Waals surface area contributed by atoms with Crippen molar-refractivity contribution in [3.05, 3.63) is 59.7 Å². The summed E-state index contributed by atoms with van der Waals surface area (Å²) in [5.41, 5.74) is 2.10. The SMILES string of the molecule is CC(C)(c1ccc(O)cc1)c1ccc(O)cc1.CCP(=O)(O)O. The van der Waals surface area contributed by atoms with Crippen molar-refractivity contribution in [1.82, 2.24) is 0 Å². The molecule has 0 bridgehead atoms. The fourth-order valence-corrected chi connectivity index (χ4v) is 1.92. The molecule has 0 aliphatic heterocycles. The van der Waals surface area contributed by atoms with E-state index in [-0.39, 0.29) is 23.1 Å². The number of rotatable bonds is 3. The van der Waals surface area contributed by atoms with Crippen molar-refractivity contribution in [2.45, 2.75) is 26.2 Å². The lowest BCUT2D eigenvalue weighted by atomic mass is 9.78. The van der Waals surface area contributed by atoms with E-state index in [2.05, 4.69) is 13.8 Å². The molecule has 23 heavy (non-hydrogen) atoms. The summed E-state index contributed by atoms with van der Waals surface area (Å²) in [6.45, 7) is 5.68. The summed E-state index contributed by atoms with van der Waals surface area (Å²) < 4.78 is 9.69.